The van der Waals surface area contributed by atoms with Gasteiger partial charge in [0.05, 0.1) is 4.90 Å². The molecule has 1 aromatic heterocycles. The lowest BCUT2D eigenvalue weighted by molar-refractivity contribution is 0.369. The van der Waals surface area contributed by atoms with Gasteiger partial charge in [-0.3, -0.25) is 4.57 Å². The van der Waals surface area contributed by atoms with Gasteiger partial charge in [0.25, 0.3) is 0 Å². The number of nitrogens with zero attached hydrogens (tertiary/aromatic N) is 1. The van der Waals surface area contributed by atoms with Crippen LogP contribution in [0, 0.1) is 0 Å². The number of rotatable bonds is 3. The zero-order valence-corrected chi connectivity index (χ0v) is 8.06. The van der Waals surface area contributed by atoms with E-state index in [9.17, 15) is 10.2 Å². The Morgan fingerprint density at radius 2 is 2.08 bits per heavy atom. The summed E-state index contributed by atoms with van der Waals surface area (Å²) in [6, 6.07) is 1.59. The van der Waals surface area contributed by atoms with Crippen molar-refractivity contribution in [2.45, 2.75) is 25.3 Å². The summed E-state index contributed by atoms with van der Waals surface area (Å²) >= 11 is 1.52. The quantitative estimate of drug-likeness (QED) is 0.712. The molecular weight excluding hydrogens is 174 g/mol. The van der Waals surface area contributed by atoms with Crippen molar-refractivity contribution in [2.75, 3.05) is 5.75 Å². The van der Waals surface area contributed by atoms with E-state index in [4.69, 9.17) is 0 Å². The summed E-state index contributed by atoms with van der Waals surface area (Å²) in [6.07, 6.45) is 0. The van der Waals surface area contributed by atoms with Gasteiger partial charge in [0.2, 0.25) is 5.88 Å². The van der Waals surface area contributed by atoms with Crippen LogP contribution in [0.2, 0.25) is 0 Å². The topological polar surface area (TPSA) is 45.4 Å². The molecule has 0 unspecified atom stereocenters. The van der Waals surface area contributed by atoms with Crippen LogP contribution in [0.15, 0.2) is 11.0 Å². The summed E-state index contributed by atoms with van der Waals surface area (Å²) in [5, 5.41) is 18.9. The maximum Gasteiger partial charge on any atom is 0.207 e. The maximum absolute atomic E-state index is 9.52. The van der Waals surface area contributed by atoms with Crippen molar-refractivity contribution in [3.63, 3.8) is 0 Å². The normalized spacial score (nSPS) is 10.5. The van der Waals surface area contributed by atoms with E-state index in [2.05, 4.69) is 0 Å². The molecule has 1 aromatic rings. The second-order valence-corrected chi connectivity index (χ2v) is 3.67. The average Bonchev–Trinajstić information content (AvgIpc) is 2.29. The van der Waals surface area contributed by atoms with E-state index in [1.54, 1.807) is 6.07 Å². The molecular formula is C8H13NO2S. The first-order chi connectivity index (χ1) is 5.70. The Kier molecular flexibility index (Phi) is 2.92. The predicted octanol–water partition coefficient (Wildman–Crippen LogP) is 2.03. The Morgan fingerprint density at radius 3 is 2.50 bits per heavy atom. The van der Waals surface area contributed by atoms with Gasteiger partial charge in [-0.15, -0.1) is 11.8 Å². The lowest BCUT2D eigenvalue weighted by Gasteiger charge is -2.01. The molecule has 0 radical (unpaired) electrons. The first kappa shape index (κ1) is 9.32. The minimum absolute atomic E-state index is 0.131. The van der Waals surface area contributed by atoms with Gasteiger partial charge < -0.3 is 10.2 Å². The third kappa shape index (κ3) is 1.53. The third-order valence-electron chi connectivity index (χ3n) is 1.63. The van der Waals surface area contributed by atoms with E-state index in [1.165, 1.54) is 16.3 Å². The lowest BCUT2D eigenvalue weighted by Crippen LogP contribution is -1.91. The van der Waals surface area contributed by atoms with Gasteiger partial charge in [0, 0.05) is 12.6 Å². The van der Waals surface area contributed by atoms with Crippen molar-refractivity contribution in [1.82, 2.24) is 4.57 Å². The molecule has 4 heteroatoms. The molecule has 0 bridgehead atoms. The Labute approximate surface area is 76.0 Å². The first-order valence-corrected chi connectivity index (χ1v) is 4.93. The molecule has 0 fully saturated rings. The Hall–Kier alpha value is -0.770. The lowest BCUT2D eigenvalue weighted by atomic mass is 10.6. The van der Waals surface area contributed by atoms with Crippen LogP contribution in [0.1, 0.15) is 13.8 Å². The van der Waals surface area contributed by atoms with Crippen molar-refractivity contribution in [3.05, 3.63) is 6.07 Å². The molecule has 0 saturated heterocycles. The zero-order chi connectivity index (χ0) is 9.14. The summed E-state index contributed by atoms with van der Waals surface area (Å²) in [7, 11) is 0. The van der Waals surface area contributed by atoms with Crippen molar-refractivity contribution in [2.24, 2.45) is 0 Å². The molecule has 0 aliphatic rings. The molecule has 0 saturated carbocycles. The Morgan fingerprint density at radius 1 is 1.42 bits per heavy atom. The minimum atomic E-state index is 0.131. The molecule has 0 aliphatic heterocycles. The molecule has 2 N–H and O–H groups in total. The zero-order valence-electron chi connectivity index (χ0n) is 7.24. The summed E-state index contributed by atoms with van der Waals surface area (Å²) in [5.74, 6) is 1.19. The summed E-state index contributed by atoms with van der Waals surface area (Å²) in [5.41, 5.74) is 0. The number of hydrogen-bond acceptors (Lipinski definition) is 3. The SMILES string of the molecule is CCSc1cc(O)n(CC)c1O. The molecule has 68 valence electrons. The van der Waals surface area contributed by atoms with Gasteiger partial charge >= 0.3 is 0 Å². The summed E-state index contributed by atoms with van der Waals surface area (Å²) < 4.78 is 1.47. The van der Waals surface area contributed by atoms with Gasteiger partial charge in [-0.1, -0.05) is 6.92 Å². The fourth-order valence-electron chi connectivity index (χ4n) is 1.07. The van der Waals surface area contributed by atoms with Gasteiger partial charge in [0.1, 0.15) is 0 Å². The van der Waals surface area contributed by atoms with Crippen LogP contribution >= 0.6 is 11.8 Å². The highest BCUT2D eigenvalue weighted by Gasteiger charge is 2.11. The molecule has 0 atom stereocenters. The third-order valence-corrected chi connectivity index (χ3v) is 2.53. The molecule has 0 amide bonds. The van der Waals surface area contributed by atoms with Gasteiger partial charge in [-0.25, -0.2) is 0 Å². The van der Waals surface area contributed by atoms with Crippen LogP contribution in [0.5, 0.6) is 11.8 Å². The standard InChI is InChI=1S/C8H13NO2S/c1-3-9-7(10)5-6(8(9)11)12-4-2/h5,10-11H,3-4H2,1-2H3. The van der Waals surface area contributed by atoms with Crippen LogP contribution in [0.25, 0.3) is 0 Å². The predicted molar refractivity (Wildman–Crippen MR) is 49.8 cm³/mol. The van der Waals surface area contributed by atoms with Crippen molar-refractivity contribution in [3.8, 4) is 11.8 Å². The molecule has 1 heterocycles. The van der Waals surface area contributed by atoms with Gasteiger partial charge in [-0.05, 0) is 12.7 Å². The highest BCUT2D eigenvalue weighted by Crippen LogP contribution is 2.34. The van der Waals surface area contributed by atoms with Crippen LogP contribution in [0.3, 0.4) is 0 Å². The van der Waals surface area contributed by atoms with Crippen molar-refractivity contribution < 1.29 is 10.2 Å². The second kappa shape index (κ2) is 3.76. The first-order valence-electron chi connectivity index (χ1n) is 3.95. The fraction of sp³-hybridized carbons (Fsp3) is 0.500. The highest BCUT2D eigenvalue weighted by molar-refractivity contribution is 7.99. The van der Waals surface area contributed by atoms with E-state index >= 15 is 0 Å². The van der Waals surface area contributed by atoms with Crippen LogP contribution < -0.4 is 0 Å². The summed E-state index contributed by atoms with van der Waals surface area (Å²) in [6.45, 7) is 4.46. The molecule has 3 nitrogen and oxygen atoms in total. The van der Waals surface area contributed by atoms with Gasteiger partial charge in [0.15, 0.2) is 5.88 Å². The number of aromatic nitrogens is 1. The largest absolute Gasteiger partial charge is 0.494 e. The monoisotopic (exact) mass is 187 g/mol. The molecule has 1 rings (SSSR count). The molecule has 0 spiro atoms. The van der Waals surface area contributed by atoms with Crippen LogP contribution in [-0.2, 0) is 6.54 Å². The number of hydrogen-bond donors (Lipinski definition) is 2. The van der Waals surface area contributed by atoms with Gasteiger partial charge in [-0.2, -0.15) is 0 Å². The summed E-state index contributed by atoms with van der Waals surface area (Å²) in [4.78, 5) is 0.747. The number of thioether (sulfide) groups is 1. The molecule has 0 aliphatic carbocycles. The minimum Gasteiger partial charge on any atom is -0.494 e. The van der Waals surface area contributed by atoms with Crippen LogP contribution in [-0.4, -0.2) is 20.5 Å². The molecule has 12 heavy (non-hydrogen) atoms. The highest BCUT2D eigenvalue weighted by atomic mass is 32.2. The Bertz CT molecular complexity index is 270. The van der Waals surface area contributed by atoms with Crippen molar-refractivity contribution in [1.29, 1.82) is 0 Å². The Balaban J connectivity index is 3.00. The average molecular weight is 187 g/mol. The van der Waals surface area contributed by atoms with E-state index in [-0.39, 0.29) is 11.8 Å². The smallest absolute Gasteiger partial charge is 0.207 e. The van der Waals surface area contributed by atoms with Crippen LogP contribution in [0.4, 0.5) is 0 Å². The second-order valence-electron chi connectivity index (χ2n) is 2.37. The molecule has 0 aromatic carbocycles. The van der Waals surface area contributed by atoms with E-state index in [0.29, 0.717) is 6.54 Å². The maximum atomic E-state index is 9.52. The van der Waals surface area contributed by atoms with E-state index in [0.717, 1.165) is 10.6 Å². The van der Waals surface area contributed by atoms with E-state index < -0.39 is 0 Å². The van der Waals surface area contributed by atoms with Crippen molar-refractivity contribution >= 4 is 11.8 Å². The van der Waals surface area contributed by atoms with E-state index in [1.807, 2.05) is 13.8 Å². The number of aromatic hydroxyl groups is 2. The fourth-order valence-corrected chi connectivity index (χ4v) is 1.81.